The van der Waals surface area contributed by atoms with Crippen molar-refractivity contribution in [3.8, 4) is 0 Å². The van der Waals surface area contributed by atoms with Crippen molar-refractivity contribution in [1.29, 1.82) is 0 Å². The third-order valence-electron chi connectivity index (χ3n) is 4.46. The van der Waals surface area contributed by atoms with E-state index in [2.05, 4.69) is 46.4 Å². The van der Waals surface area contributed by atoms with E-state index in [4.69, 9.17) is 4.74 Å². The third kappa shape index (κ3) is 6.27. The van der Waals surface area contributed by atoms with Gasteiger partial charge in [-0.05, 0) is 25.3 Å². The summed E-state index contributed by atoms with van der Waals surface area (Å²) in [4.78, 5) is 18.2. The minimum Gasteiger partial charge on any atom is -0.469 e. The summed E-state index contributed by atoms with van der Waals surface area (Å²) >= 11 is 1.92. The van der Waals surface area contributed by atoms with Crippen molar-refractivity contribution in [2.75, 3.05) is 39.5 Å². The summed E-state index contributed by atoms with van der Waals surface area (Å²) in [6, 6.07) is 8.71. The molecule has 0 aromatic heterocycles. The van der Waals surface area contributed by atoms with Crippen molar-refractivity contribution in [1.82, 2.24) is 10.2 Å². The van der Waals surface area contributed by atoms with Crippen molar-refractivity contribution in [2.24, 2.45) is 10.9 Å². The predicted octanol–water partition coefficient (Wildman–Crippen LogP) is 2.69. The zero-order valence-electron chi connectivity index (χ0n) is 15.5. The molecule has 1 fully saturated rings. The van der Waals surface area contributed by atoms with Crippen LogP contribution in [0.1, 0.15) is 24.0 Å². The maximum atomic E-state index is 11.6. The van der Waals surface area contributed by atoms with Crippen LogP contribution < -0.4 is 5.32 Å². The average Bonchev–Trinajstić information content (AvgIpc) is 2.65. The standard InChI is InChI=1S/C19H29N3O2S/c1-15-4-6-16(7-5-15)14-25-13-10-21-19(20-2)22-11-8-17(9-12-22)18(23)24-3/h4-7,17H,8-14H2,1-3H3,(H,20,21). The van der Waals surface area contributed by atoms with E-state index < -0.39 is 0 Å². The quantitative estimate of drug-likeness (QED) is 0.364. The number of nitrogens with one attached hydrogen (secondary N) is 1. The highest BCUT2D eigenvalue weighted by Gasteiger charge is 2.26. The van der Waals surface area contributed by atoms with Crippen LogP contribution in [0.25, 0.3) is 0 Å². The third-order valence-corrected chi connectivity index (χ3v) is 5.49. The normalized spacial score (nSPS) is 16.0. The molecule has 1 aromatic carbocycles. The van der Waals surface area contributed by atoms with Crippen LogP contribution in [0.4, 0.5) is 0 Å². The van der Waals surface area contributed by atoms with Crippen LogP contribution in [0, 0.1) is 12.8 Å². The number of carbonyl (C=O) groups excluding carboxylic acids is 1. The molecule has 0 atom stereocenters. The number of methoxy groups -OCH3 is 1. The molecule has 0 bridgehead atoms. The Morgan fingerprint density at radius 2 is 2.00 bits per heavy atom. The number of esters is 1. The maximum absolute atomic E-state index is 11.6. The zero-order chi connectivity index (χ0) is 18.1. The van der Waals surface area contributed by atoms with E-state index in [9.17, 15) is 4.79 Å². The Labute approximate surface area is 155 Å². The summed E-state index contributed by atoms with van der Waals surface area (Å²) in [5, 5.41) is 3.43. The van der Waals surface area contributed by atoms with E-state index in [0.29, 0.717) is 0 Å². The molecule has 1 aliphatic heterocycles. The molecule has 0 saturated carbocycles. The predicted molar refractivity (Wildman–Crippen MR) is 105 cm³/mol. The van der Waals surface area contributed by atoms with Gasteiger partial charge in [0, 0.05) is 38.2 Å². The van der Waals surface area contributed by atoms with Gasteiger partial charge in [-0.25, -0.2) is 0 Å². The summed E-state index contributed by atoms with van der Waals surface area (Å²) in [5.74, 6) is 2.94. The molecular weight excluding hydrogens is 334 g/mol. The molecule has 0 aliphatic carbocycles. The van der Waals surface area contributed by atoms with Crippen LogP contribution >= 0.6 is 11.8 Å². The molecule has 0 amide bonds. The minimum absolute atomic E-state index is 0.0319. The van der Waals surface area contributed by atoms with Gasteiger partial charge in [-0.1, -0.05) is 29.8 Å². The number of thioether (sulfide) groups is 1. The molecule has 5 nitrogen and oxygen atoms in total. The second kappa shape index (κ2) is 10.3. The number of benzene rings is 1. The first-order valence-electron chi connectivity index (χ1n) is 8.80. The lowest BCUT2D eigenvalue weighted by Crippen LogP contribution is -2.47. The Balaban J connectivity index is 1.65. The number of likely N-dealkylation sites (tertiary alicyclic amines) is 1. The Hall–Kier alpha value is -1.69. The number of hydrogen-bond acceptors (Lipinski definition) is 4. The number of nitrogens with zero attached hydrogens (tertiary/aromatic N) is 2. The topological polar surface area (TPSA) is 53.9 Å². The van der Waals surface area contributed by atoms with E-state index in [1.54, 1.807) is 0 Å². The summed E-state index contributed by atoms with van der Waals surface area (Å²) in [6.07, 6.45) is 1.66. The largest absolute Gasteiger partial charge is 0.469 e. The van der Waals surface area contributed by atoms with Crippen LogP contribution in [0.3, 0.4) is 0 Å². The number of rotatable bonds is 6. The maximum Gasteiger partial charge on any atom is 0.308 e. The Bertz CT molecular complexity index is 567. The van der Waals surface area contributed by atoms with E-state index in [1.807, 2.05) is 18.8 Å². The minimum atomic E-state index is -0.0879. The van der Waals surface area contributed by atoms with E-state index in [1.165, 1.54) is 18.2 Å². The monoisotopic (exact) mass is 363 g/mol. The zero-order valence-corrected chi connectivity index (χ0v) is 16.3. The molecule has 1 heterocycles. The Kier molecular flexibility index (Phi) is 8.12. The smallest absolute Gasteiger partial charge is 0.308 e. The second-order valence-electron chi connectivity index (χ2n) is 6.30. The molecule has 2 rings (SSSR count). The molecule has 6 heteroatoms. The van der Waals surface area contributed by atoms with Crippen LogP contribution in [0.2, 0.25) is 0 Å². The van der Waals surface area contributed by atoms with Gasteiger partial charge >= 0.3 is 5.97 Å². The van der Waals surface area contributed by atoms with E-state index in [0.717, 1.165) is 49.9 Å². The molecule has 25 heavy (non-hydrogen) atoms. The van der Waals surface area contributed by atoms with Crippen LogP contribution in [0.5, 0.6) is 0 Å². The van der Waals surface area contributed by atoms with Gasteiger partial charge in [0.1, 0.15) is 0 Å². The first-order chi connectivity index (χ1) is 12.1. The fourth-order valence-corrected chi connectivity index (χ4v) is 3.75. The first-order valence-corrected chi connectivity index (χ1v) is 9.96. The van der Waals surface area contributed by atoms with Crippen molar-refractivity contribution >= 4 is 23.7 Å². The molecule has 1 aliphatic rings. The van der Waals surface area contributed by atoms with Gasteiger partial charge in [0.15, 0.2) is 5.96 Å². The number of ether oxygens (including phenoxy) is 1. The number of piperidine rings is 1. The van der Waals surface area contributed by atoms with E-state index in [-0.39, 0.29) is 11.9 Å². The Morgan fingerprint density at radius 1 is 1.32 bits per heavy atom. The molecule has 138 valence electrons. The molecule has 0 radical (unpaired) electrons. The number of aliphatic imine (C=N–C) groups is 1. The van der Waals surface area contributed by atoms with Gasteiger partial charge in [-0.2, -0.15) is 11.8 Å². The highest BCUT2D eigenvalue weighted by Crippen LogP contribution is 2.18. The van der Waals surface area contributed by atoms with Gasteiger partial charge in [0.05, 0.1) is 13.0 Å². The summed E-state index contributed by atoms with van der Waals surface area (Å²) in [7, 11) is 3.28. The molecular formula is C19H29N3O2S. The molecule has 1 saturated heterocycles. The molecule has 0 spiro atoms. The summed E-state index contributed by atoms with van der Waals surface area (Å²) < 4.78 is 4.84. The lowest BCUT2D eigenvalue weighted by atomic mass is 9.97. The van der Waals surface area contributed by atoms with Gasteiger partial charge in [-0.3, -0.25) is 9.79 Å². The summed E-state index contributed by atoms with van der Waals surface area (Å²) in [5.41, 5.74) is 2.67. The highest BCUT2D eigenvalue weighted by molar-refractivity contribution is 7.98. The number of hydrogen-bond donors (Lipinski definition) is 1. The number of guanidine groups is 1. The molecule has 1 N–H and O–H groups in total. The Morgan fingerprint density at radius 3 is 2.60 bits per heavy atom. The fraction of sp³-hybridized carbons (Fsp3) is 0.579. The lowest BCUT2D eigenvalue weighted by molar-refractivity contribution is -0.146. The highest BCUT2D eigenvalue weighted by atomic mass is 32.2. The average molecular weight is 364 g/mol. The van der Waals surface area contributed by atoms with Crippen LogP contribution in [-0.4, -0.2) is 56.4 Å². The lowest BCUT2D eigenvalue weighted by Gasteiger charge is -2.33. The molecule has 1 aromatic rings. The van der Waals surface area contributed by atoms with Gasteiger partial charge in [-0.15, -0.1) is 0 Å². The van der Waals surface area contributed by atoms with Gasteiger partial charge in [0.2, 0.25) is 0 Å². The SMILES string of the molecule is CN=C(NCCSCc1ccc(C)cc1)N1CCC(C(=O)OC)CC1. The second-order valence-corrected chi connectivity index (χ2v) is 7.40. The number of carbonyl (C=O) groups is 1. The van der Waals surface area contributed by atoms with Crippen molar-refractivity contribution < 1.29 is 9.53 Å². The van der Waals surface area contributed by atoms with Crippen molar-refractivity contribution in [3.05, 3.63) is 35.4 Å². The summed E-state index contributed by atoms with van der Waals surface area (Å²) in [6.45, 7) is 4.69. The van der Waals surface area contributed by atoms with Crippen LogP contribution in [0.15, 0.2) is 29.3 Å². The van der Waals surface area contributed by atoms with E-state index >= 15 is 0 Å². The van der Waals surface area contributed by atoms with Gasteiger partial charge in [0.25, 0.3) is 0 Å². The first kappa shape index (κ1) is 19.6. The van der Waals surface area contributed by atoms with Crippen LogP contribution in [-0.2, 0) is 15.3 Å². The fourth-order valence-electron chi connectivity index (χ4n) is 2.94. The van der Waals surface area contributed by atoms with Crippen molar-refractivity contribution in [3.63, 3.8) is 0 Å². The molecule has 0 unspecified atom stereocenters. The van der Waals surface area contributed by atoms with Gasteiger partial charge < -0.3 is 15.0 Å². The van der Waals surface area contributed by atoms with Crippen molar-refractivity contribution in [2.45, 2.75) is 25.5 Å². The number of aryl methyl sites for hydroxylation is 1.